The number of nitrogens with two attached hydrogens (primary N) is 3. The quantitative estimate of drug-likeness (QED) is 0.166. The lowest BCUT2D eigenvalue weighted by molar-refractivity contribution is 0.597. The van der Waals surface area contributed by atoms with Crippen LogP contribution in [0.3, 0.4) is 0 Å². The molecule has 0 saturated carbocycles. The zero-order chi connectivity index (χ0) is 32.5. The molecule has 0 aliphatic heterocycles. The van der Waals surface area contributed by atoms with Gasteiger partial charge in [-0.15, -0.1) is 0 Å². The Kier molecular flexibility index (Phi) is 7.07. The van der Waals surface area contributed by atoms with Gasteiger partial charge in [-0.05, 0) is 120 Å². The molecule has 8 nitrogen and oxygen atoms in total. The van der Waals surface area contributed by atoms with Crippen LogP contribution >= 0.6 is 0 Å². The van der Waals surface area contributed by atoms with E-state index in [0.29, 0.717) is 11.4 Å². The second-order valence-corrected chi connectivity index (χ2v) is 15.0. The fourth-order valence-corrected chi connectivity index (χ4v) is 8.12. The minimum atomic E-state index is -4.10. The molecule has 0 unspecified atom stereocenters. The zero-order valence-corrected chi connectivity index (χ0v) is 27.0. The summed E-state index contributed by atoms with van der Waals surface area (Å²) in [5.74, 6) is 0. The van der Waals surface area contributed by atoms with E-state index in [0.717, 1.165) is 55.6 Å². The van der Waals surface area contributed by atoms with Gasteiger partial charge in [-0.25, -0.2) is 22.0 Å². The van der Waals surface area contributed by atoms with Crippen LogP contribution in [0.1, 0.15) is 44.5 Å². The summed E-state index contributed by atoms with van der Waals surface area (Å²) >= 11 is 0. The van der Waals surface area contributed by atoms with E-state index in [9.17, 15) is 16.8 Å². The fourth-order valence-electron chi connectivity index (χ4n) is 6.52. The Hall–Kier alpha value is -4.64. The average Bonchev–Trinajstić information content (AvgIpc) is 3.28. The van der Waals surface area contributed by atoms with E-state index in [-0.39, 0.29) is 15.5 Å². The smallest absolute Gasteiger partial charge is 0.261 e. The zero-order valence-electron chi connectivity index (χ0n) is 25.3. The minimum absolute atomic E-state index is 0.0572. The molecule has 230 valence electrons. The van der Waals surface area contributed by atoms with Crippen LogP contribution in [-0.4, -0.2) is 16.8 Å². The van der Waals surface area contributed by atoms with Crippen molar-refractivity contribution in [1.29, 1.82) is 0 Å². The van der Waals surface area contributed by atoms with Gasteiger partial charge in [0.15, 0.2) is 0 Å². The number of nitrogen functional groups attached to an aromatic ring is 2. The Morgan fingerprint density at radius 3 is 1.56 bits per heavy atom. The number of rotatable bonds is 6. The maximum atomic E-state index is 13.9. The van der Waals surface area contributed by atoms with E-state index in [1.165, 1.54) is 24.3 Å². The van der Waals surface area contributed by atoms with Gasteiger partial charge < -0.3 is 11.5 Å². The Morgan fingerprint density at radius 2 is 1.04 bits per heavy atom. The Labute approximate surface area is 264 Å². The lowest BCUT2D eigenvalue weighted by atomic mass is 9.66. The molecule has 0 heterocycles. The summed E-state index contributed by atoms with van der Waals surface area (Å²) < 4.78 is 53.7. The maximum Gasteiger partial charge on any atom is 0.261 e. The molecule has 0 amide bonds. The maximum absolute atomic E-state index is 13.9. The van der Waals surface area contributed by atoms with Crippen LogP contribution in [0, 0.1) is 27.7 Å². The molecule has 5 aromatic carbocycles. The normalized spacial score (nSPS) is 13.7. The first kappa shape index (κ1) is 30.4. The number of hydrogen-bond acceptors (Lipinski definition) is 6. The average molecular weight is 639 g/mol. The first-order valence-electron chi connectivity index (χ1n) is 14.3. The molecule has 10 heteroatoms. The third kappa shape index (κ3) is 4.86. The van der Waals surface area contributed by atoms with Crippen LogP contribution in [0.15, 0.2) is 101 Å². The van der Waals surface area contributed by atoms with Gasteiger partial charge in [0.25, 0.3) is 10.0 Å². The molecular weight excluding hydrogens is 605 g/mol. The number of sulfonamides is 2. The molecule has 1 aliphatic carbocycles. The second-order valence-electron chi connectivity index (χ2n) is 11.7. The summed E-state index contributed by atoms with van der Waals surface area (Å²) in [6.45, 7) is 7.92. The van der Waals surface area contributed by atoms with E-state index >= 15 is 0 Å². The van der Waals surface area contributed by atoms with Crippen molar-refractivity contribution in [3.8, 4) is 11.1 Å². The van der Waals surface area contributed by atoms with Crippen molar-refractivity contribution < 1.29 is 16.8 Å². The van der Waals surface area contributed by atoms with E-state index in [4.69, 9.17) is 16.6 Å². The van der Waals surface area contributed by atoms with Crippen LogP contribution in [-0.2, 0) is 25.5 Å². The molecule has 0 atom stereocenters. The number of hydrogen-bond donors (Lipinski definition) is 4. The molecule has 6 rings (SSSR count). The lowest BCUT2D eigenvalue weighted by Crippen LogP contribution is -2.30. The molecule has 45 heavy (non-hydrogen) atoms. The van der Waals surface area contributed by atoms with Crippen molar-refractivity contribution in [2.75, 3.05) is 16.2 Å². The highest BCUT2D eigenvalue weighted by molar-refractivity contribution is 7.92. The Morgan fingerprint density at radius 1 is 0.578 bits per heavy atom. The van der Waals surface area contributed by atoms with Crippen molar-refractivity contribution >= 4 is 37.1 Å². The summed E-state index contributed by atoms with van der Waals surface area (Å²) in [4.78, 5) is -0.0598. The summed E-state index contributed by atoms with van der Waals surface area (Å²) in [5.41, 5.74) is 23.0. The highest BCUT2D eigenvalue weighted by Crippen LogP contribution is 2.57. The molecular formula is C35H34N4O4S2. The first-order valence-corrected chi connectivity index (χ1v) is 17.3. The number of aryl methyl sites for hydroxylation is 4. The van der Waals surface area contributed by atoms with Crippen molar-refractivity contribution in [2.24, 2.45) is 5.14 Å². The van der Waals surface area contributed by atoms with Gasteiger partial charge in [-0.3, -0.25) is 4.72 Å². The van der Waals surface area contributed by atoms with Crippen LogP contribution in [0.5, 0.6) is 0 Å². The minimum Gasteiger partial charge on any atom is -0.398 e. The van der Waals surface area contributed by atoms with Crippen LogP contribution in [0.2, 0.25) is 0 Å². The van der Waals surface area contributed by atoms with E-state index < -0.39 is 25.5 Å². The number of benzene rings is 5. The molecule has 0 fully saturated rings. The largest absolute Gasteiger partial charge is 0.398 e. The van der Waals surface area contributed by atoms with E-state index in [1.807, 2.05) is 45.9 Å². The highest BCUT2D eigenvalue weighted by atomic mass is 32.2. The van der Waals surface area contributed by atoms with E-state index in [1.54, 1.807) is 12.1 Å². The van der Waals surface area contributed by atoms with Crippen molar-refractivity contribution in [3.05, 3.63) is 136 Å². The first-order chi connectivity index (χ1) is 21.1. The summed E-state index contributed by atoms with van der Waals surface area (Å²) in [7, 11) is -8.03. The fraction of sp³-hybridized carbons (Fsp3) is 0.143. The Bertz CT molecular complexity index is 2140. The molecule has 0 aromatic heterocycles. The van der Waals surface area contributed by atoms with Crippen LogP contribution in [0.25, 0.3) is 11.1 Å². The van der Waals surface area contributed by atoms with E-state index in [2.05, 4.69) is 41.1 Å². The third-order valence-corrected chi connectivity index (χ3v) is 11.1. The van der Waals surface area contributed by atoms with Gasteiger partial charge in [-0.2, -0.15) is 0 Å². The molecule has 7 N–H and O–H groups in total. The number of anilines is 3. The third-order valence-electron chi connectivity index (χ3n) is 8.82. The second kappa shape index (κ2) is 10.5. The number of fused-ring (bicyclic) bond motifs is 3. The van der Waals surface area contributed by atoms with Gasteiger partial charge in [0.2, 0.25) is 10.0 Å². The predicted octanol–water partition coefficient (Wildman–Crippen LogP) is 5.90. The van der Waals surface area contributed by atoms with Crippen LogP contribution < -0.4 is 21.3 Å². The van der Waals surface area contributed by atoms with Gasteiger partial charge in [-0.1, -0.05) is 54.6 Å². The van der Waals surface area contributed by atoms with Gasteiger partial charge in [0, 0.05) is 17.1 Å². The van der Waals surface area contributed by atoms with Gasteiger partial charge >= 0.3 is 0 Å². The van der Waals surface area contributed by atoms with Gasteiger partial charge in [0.05, 0.1) is 15.2 Å². The standard InChI is InChI=1S/C35H34N4O4S2/c1-20-15-24(16-21(2)33(20)36)35(25-17-22(3)34(37)23(4)18-25)31-8-6-5-7-29(31)30-14-13-28(19-32(30)35)45(42,43)39-26-9-11-27(12-10-26)44(38,40)41/h5-19,39H,36-37H2,1-4H3,(H2,38,40,41). The molecule has 1 aliphatic rings. The molecule has 0 bridgehead atoms. The summed E-state index contributed by atoms with van der Waals surface area (Å²) in [5, 5.41) is 5.21. The molecule has 0 spiro atoms. The summed E-state index contributed by atoms with van der Waals surface area (Å²) in [6.07, 6.45) is 0. The highest BCUT2D eigenvalue weighted by Gasteiger charge is 2.47. The van der Waals surface area contributed by atoms with Crippen molar-refractivity contribution in [2.45, 2.75) is 42.9 Å². The predicted molar refractivity (Wildman–Crippen MR) is 180 cm³/mol. The molecule has 5 aromatic rings. The molecule has 0 saturated heterocycles. The van der Waals surface area contributed by atoms with Crippen molar-refractivity contribution in [1.82, 2.24) is 0 Å². The lowest BCUT2D eigenvalue weighted by Gasteiger charge is -2.35. The van der Waals surface area contributed by atoms with Crippen LogP contribution in [0.4, 0.5) is 17.1 Å². The summed E-state index contributed by atoms with van der Waals surface area (Å²) in [6, 6.07) is 26.9. The number of nitrogens with one attached hydrogen (secondary N) is 1. The van der Waals surface area contributed by atoms with Gasteiger partial charge in [0.1, 0.15) is 0 Å². The topological polar surface area (TPSA) is 158 Å². The van der Waals surface area contributed by atoms with Crippen molar-refractivity contribution in [3.63, 3.8) is 0 Å². The Balaban J connectivity index is 1.63. The number of primary sulfonamides is 1. The monoisotopic (exact) mass is 638 g/mol. The molecule has 0 radical (unpaired) electrons. The SMILES string of the molecule is Cc1cc(C2(c3cc(C)c(N)c(C)c3)c3ccccc3-c3ccc(S(=O)(=O)Nc4ccc(S(N)(=O)=O)cc4)cc32)cc(C)c1N.